The van der Waals surface area contributed by atoms with Gasteiger partial charge in [-0.25, -0.2) is 14.6 Å². The van der Waals surface area contributed by atoms with Gasteiger partial charge < -0.3 is 25.7 Å². The number of ether oxygens (including phenoxy) is 1. The lowest BCUT2D eigenvalue weighted by atomic mass is 10.1. The molecule has 0 bridgehead atoms. The van der Waals surface area contributed by atoms with E-state index in [2.05, 4.69) is 20.6 Å². The highest BCUT2D eigenvalue weighted by Crippen LogP contribution is 2.36. The lowest BCUT2D eigenvalue weighted by molar-refractivity contribution is -0.115. The van der Waals surface area contributed by atoms with Gasteiger partial charge >= 0.3 is 0 Å². The molecule has 1 saturated heterocycles. The largest absolute Gasteiger partial charge is 0.495 e. The van der Waals surface area contributed by atoms with Gasteiger partial charge in [-0.1, -0.05) is 24.3 Å². The van der Waals surface area contributed by atoms with Gasteiger partial charge in [-0.15, -0.1) is 0 Å². The van der Waals surface area contributed by atoms with Crippen LogP contribution in [-0.4, -0.2) is 50.4 Å². The Hall–Kier alpha value is -4.44. The number of hydrogen-bond acceptors (Lipinski definition) is 7. The van der Waals surface area contributed by atoms with E-state index in [1.165, 1.54) is 6.33 Å². The Labute approximate surface area is 213 Å². The van der Waals surface area contributed by atoms with Crippen LogP contribution < -0.4 is 21.1 Å². The molecule has 0 saturated carbocycles. The molecule has 4 heterocycles. The summed E-state index contributed by atoms with van der Waals surface area (Å²) < 4.78 is 9.64. The number of carbonyl (C=O) groups excluding carboxylic acids is 1. The molecule has 1 unspecified atom stereocenters. The average molecular weight is 497 g/mol. The van der Waals surface area contributed by atoms with Crippen LogP contribution in [0.2, 0.25) is 0 Å². The molecule has 1 atom stereocenters. The van der Waals surface area contributed by atoms with E-state index in [9.17, 15) is 4.79 Å². The minimum atomic E-state index is -0.127. The molecule has 3 aromatic heterocycles. The van der Waals surface area contributed by atoms with E-state index in [1.54, 1.807) is 7.11 Å². The number of methoxy groups -OCH3 is 1. The van der Waals surface area contributed by atoms with Gasteiger partial charge in [0, 0.05) is 30.4 Å². The molecule has 0 aliphatic carbocycles. The normalized spacial score (nSPS) is 15.5. The molecular weight excluding hydrogens is 468 g/mol. The van der Waals surface area contributed by atoms with Crippen LogP contribution in [0.3, 0.4) is 0 Å². The maximum Gasteiger partial charge on any atom is 0.230 e. The molecule has 1 aliphatic rings. The monoisotopic (exact) mass is 496 g/mol. The predicted octanol–water partition coefficient (Wildman–Crippen LogP) is 3.29. The Kier molecular flexibility index (Phi) is 5.72. The average Bonchev–Trinajstić information content (AvgIpc) is 3.63. The first-order valence-corrected chi connectivity index (χ1v) is 12.2. The number of amides is 1. The second kappa shape index (κ2) is 9.21. The van der Waals surface area contributed by atoms with Crippen molar-refractivity contribution in [2.24, 2.45) is 7.05 Å². The maximum absolute atomic E-state index is 13.0. The van der Waals surface area contributed by atoms with Crippen molar-refractivity contribution in [2.45, 2.75) is 18.9 Å². The van der Waals surface area contributed by atoms with E-state index >= 15 is 0 Å². The Morgan fingerprint density at radius 3 is 2.86 bits per heavy atom. The minimum Gasteiger partial charge on any atom is -0.495 e. The summed E-state index contributed by atoms with van der Waals surface area (Å²) in [5, 5.41) is 13.1. The summed E-state index contributed by atoms with van der Waals surface area (Å²) in [7, 11) is 3.55. The zero-order chi connectivity index (χ0) is 25.5. The molecule has 4 N–H and O–H groups in total. The molecule has 37 heavy (non-hydrogen) atoms. The zero-order valence-corrected chi connectivity index (χ0v) is 20.7. The lowest BCUT2D eigenvalue weighted by Crippen LogP contribution is -2.16. The van der Waals surface area contributed by atoms with Gasteiger partial charge in [-0.05, 0) is 42.6 Å². The fourth-order valence-electron chi connectivity index (χ4n) is 5.12. The molecule has 10 heteroatoms. The molecule has 1 aliphatic heterocycles. The first kappa shape index (κ1) is 23.0. The molecule has 2 aromatic carbocycles. The number of carbonyl (C=O) groups is 1. The third-order valence-corrected chi connectivity index (χ3v) is 7.04. The Morgan fingerprint density at radius 2 is 2.08 bits per heavy atom. The molecule has 10 nitrogen and oxygen atoms in total. The Morgan fingerprint density at radius 1 is 1.22 bits per heavy atom. The lowest BCUT2D eigenvalue weighted by Gasteiger charge is -2.12. The van der Waals surface area contributed by atoms with Gasteiger partial charge in [0.1, 0.15) is 23.6 Å². The van der Waals surface area contributed by atoms with Crippen LogP contribution in [-0.2, 0) is 18.3 Å². The highest BCUT2D eigenvalue weighted by atomic mass is 16.5. The van der Waals surface area contributed by atoms with Crippen molar-refractivity contribution in [1.29, 1.82) is 0 Å². The summed E-state index contributed by atoms with van der Waals surface area (Å²) >= 11 is 0. The molecule has 1 fully saturated rings. The van der Waals surface area contributed by atoms with Crippen molar-refractivity contribution in [3.05, 3.63) is 60.6 Å². The highest BCUT2D eigenvalue weighted by Gasteiger charge is 2.25. The van der Waals surface area contributed by atoms with Crippen molar-refractivity contribution < 1.29 is 9.53 Å². The summed E-state index contributed by atoms with van der Waals surface area (Å²) in [6.45, 7) is 1.76. The third-order valence-electron chi connectivity index (χ3n) is 7.04. The first-order valence-electron chi connectivity index (χ1n) is 12.2. The SMILES string of the molecule is COc1cc(-c2nn(C3CCNC3)c3ncnc(N)c23)ccc1NC(=O)Cc1cc2ccccc2n1C. The molecule has 188 valence electrons. The number of nitrogens with two attached hydrogens (primary N) is 1. The number of anilines is 2. The van der Waals surface area contributed by atoms with Crippen molar-refractivity contribution in [3.63, 3.8) is 0 Å². The van der Waals surface area contributed by atoms with Gasteiger partial charge in [-0.2, -0.15) is 5.10 Å². The van der Waals surface area contributed by atoms with Crippen LogP contribution >= 0.6 is 0 Å². The van der Waals surface area contributed by atoms with Gasteiger partial charge in [0.15, 0.2) is 5.65 Å². The second-order valence-corrected chi connectivity index (χ2v) is 9.29. The van der Waals surface area contributed by atoms with Crippen molar-refractivity contribution in [2.75, 3.05) is 31.2 Å². The van der Waals surface area contributed by atoms with E-state index in [0.29, 0.717) is 34.0 Å². The van der Waals surface area contributed by atoms with Gasteiger partial charge in [0.25, 0.3) is 0 Å². The number of para-hydroxylation sites is 1. The van der Waals surface area contributed by atoms with Crippen molar-refractivity contribution in [1.82, 2.24) is 29.6 Å². The standard InChI is InChI=1S/C27H28N8O2/c1-34-19(11-16-5-3-4-6-21(16)34)13-23(36)32-20-8-7-17(12-22(20)37-2)25-24-26(28)30-15-31-27(24)35(33-25)18-9-10-29-14-18/h3-8,11-12,15,18,29H,9-10,13-14H2,1-2H3,(H,32,36)(H2,28,30,31). The number of aromatic nitrogens is 5. The van der Waals surface area contributed by atoms with Gasteiger partial charge in [0.2, 0.25) is 5.91 Å². The van der Waals surface area contributed by atoms with E-state index in [-0.39, 0.29) is 18.4 Å². The van der Waals surface area contributed by atoms with Crippen LogP contribution in [0.5, 0.6) is 5.75 Å². The summed E-state index contributed by atoms with van der Waals surface area (Å²) in [5.74, 6) is 0.783. The number of nitrogens with zero attached hydrogens (tertiary/aromatic N) is 5. The fraction of sp³-hybridized carbons (Fsp3) is 0.259. The number of benzene rings is 2. The van der Waals surface area contributed by atoms with Crippen LogP contribution in [0.4, 0.5) is 11.5 Å². The van der Waals surface area contributed by atoms with Crippen molar-refractivity contribution in [3.8, 4) is 17.0 Å². The van der Waals surface area contributed by atoms with Crippen LogP contribution in [0.15, 0.2) is 54.9 Å². The number of hydrogen-bond donors (Lipinski definition) is 3. The molecule has 0 radical (unpaired) electrons. The molecule has 5 aromatic rings. The topological polar surface area (TPSA) is 125 Å². The zero-order valence-electron chi connectivity index (χ0n) is 20.7. The number of aryl methyl sites for hydroxylation is 1. The number of fused-ring (bicyclic) bond motifs is 2. The van der Waals surface area contributed by atoms with Crippen LogP contribution in [0, 0.1) is 0 Å². The number of nitrogens with one attached hydrogen (secondary N) is 2. The Bertz CT molecular complexity index is 1630. The summed E-state index contributed by atoms with van der Waals surface area (Å²) in [6.07, 6.45) is 2.68. The molecule has 6 rings (SSSR count). The molecule has 1 amide bonds. The first-order chi connectivity index (χ1) is 18.0. The smallest absolute Gasteiger partial charge is 0.230 e. The van der Waals surface area contributed by atoms with E-state index in [0.717, 1.165) is 41.7 Å². The summed E-state index contributed by atoms with van der Waals surface area (Å²) in [6, 6.07) is 15.9. The van der Waals surface area contributed by atoms with Crippen LogP contribution in [0.25, 0.3) is 33.2 Å². The van der Waals surface area contributed by atoms with E-state index in [1.807, 2.05) is 64.8 Å². The van der Waals surface area contributed by atoms with E-state index < -0.39 is 0 Å². The number of rotatable bonds is 6. The summed E-state index contributed by atoms with van der Waals surface area (Å²) in [4.78, 5) is 21.7. The summed E-state index contributed by atoms with van der Waals surface area (Å²) in [5.41, 5.74) is 11.1. The highest BCUT2D eigenvalue weighted by molar-refractivity contribution is 6.00. The minimum absolute atomic E-state index is 0.127. The third kappa shape index (κ3) is 4.05. The van der Waals surface area contributed by atoms with Crippen LogP contribution in [0.1, 0.15) is 18.2 Å². The quantitative estimate of drug-likeness (QED) is 0.329. The van der Waals surface area contributed by atoms with Gasteiger partial charge in [-0.3, -0.25) is 4.79 Å². The predicted molar refractivity (Wildman–Crippen MR) is 143 cm³/mol. The fourth-order valence-corrected chi connectivity index (χ4v) is 5.12. The van der Waals surface area contributed by atoms with Crippen molar-refractivity contribution >= 4 is 39.3 Å². The molecule has 0 spiro atoms. The second-order valence-electron chi connectivity index (χ2n) is 9.29. The molecular formula is C27H28N8O2. The maximum atomic E-state index is 13.0. The Balaban J connectivity index is 1.31. The van der Waals surface area contributed by atoms with E-state index in [4.69, 9.17) is 15.6 Å². The van der Waals surface area contributed by atoms with Gasteiger partial charge in [0.05, 0.1) is 30.6 Å². The number of nitrogen functional groups attached to an aromatic ring is 1.